The first-order valence-electron chi connectivity index (χ1n) is 6.95. The smallest absolute Gasteiger partial charge is 0.333 e. The highest BCUT2D eigenvalue weighted by Crippen LogP contribution is 2.37. The number of ether oxygens (including phenoxy) is 1. The number of rotatable bonds is 6. The lowest BCUT2D eigenvalue weighted by Gasteiger charge is -2.26. The van der Waals surface area contributed by atoms with Crippen molar-refractivity contribution in [3.05, 3.63) is 28.3 Å². The van der Waals surface area contributed by atoms with Gasteiger partial charge in [-0.15, -0.1) is 0 Å². The van der Waals surface area contributed by atoms with Crippen LogP contribution in [0.2, 0.25) is 0 Å². The third-order valence-corrected chi connectivity index (χ3v) is 3.45. The van der Waals surface area contributed by atoms with Gasteiger partial charge in [0, 0.05) is 12.1 Å². The van der Waals surface area contributed by atoms with E-state index in [1.54, 1.807) is 18.2 Å². The molecule has 0 aromatic heterocycles. The average molecular weight is 279 g/mol. The fourth-order valence-electron chi connectivity index (χ4n) is 2.39. The van der Waals surface area contributed by atoms with Gasteiger partial charge in [-0.1, -0.05) is 13.0 Å². The lowest BCUT2D eigenvalue weighted by atomic mass is 10.0. The summed E-state index contributed by atoms with van der Waals surface area (Å²) in [6.45, 7) is 6.23. The van der Waals surface area contributed by atoms with Crippen molar-refractivity contribution in [1.29, 1.82) is 0 Å². The van der Waals surface area contributed by atoms with Crippen molar-refractivity contribution >= 4 is 11.4 Å². The van der Waals surface area contributed by atoms with Crippen molar-refractivity contribution in [1.82, 2.24) is 5.32 Å². The first-order valence-corrected chi connectivity index (χ1v) is 6.95. The minimum atomic E-state index is -0.376. The molecule has 0 radical (unpaired) electrons. The summed E-state index contributed by atoms with van der Waals surface area (Å²) in [6.07, 6.45) is 1.75. The molecule has 1 heterocycles. The summed E-state index contributed by atoms with van der Waals surface area (Å²) in [6, 6.07) is 5.17. The predicted octanol–water partition coefficient (Wildman–Crippen LogP) is 2.55. The van der Waals surface area contributed by atoms with Gasteiger partial charge in [0.1, 0.15) is 5.69 Å². The molecule has 6 heteroatoms. The summed E-state index contributed by atoms with van der Waals surface area (Å²) in [4.78, 5) is 11.0. The van der Waals surface area contributed by atoms with Gasteiger partial charge in [-0.25, -0.2) is 0 Å². The number of nitro groups is 1. The lowest BCUT2D eigenvalue weighted by Crippen LogP contribution is -2.37. The van der Waals surface area contributed by atoms with Gasteiger partial charge in [0.2, 0.25) is 0 Å². The van der Waals surface area contributed by atoms with Gasteiger partial charge < -0.3 is 15.4 Å². The van der Waals surface area contributed by atoms with E-state index in [-0.39, 0.29) is 16.1 Å². The Kier molecular flexibility index (Phi) is 4.44. The van der Waals surface area contributed by atoms with Gasteiger partial charge in [0.15, 0.2) is 5.75 Å². The van der Waals surface area contributed by atoms with Gasteiger partial charge in [0.25, 0.3) is 0 Å². The summed E-state index contributed by atoms with van der Waals surface area (Å²) in [5.41, 5.74) is 0.387. The zero-order chi connectivity index (χ0) is 14.6. The van der Waals surface area contributed by atoms with Gasteiger partial charge in [0.05, 0.1) is 11.5 Å². The first-order chi connectivity index (χ1) is 9.56. The van der Waals surface area contributed by atoms with Gasteiger partial charge in [-0.3, -0.25) is 10.1 Å². The molecule has 0 spiro atoms. The second kappa shape index (κ2) is 6.09. The molecule has 20 heavy (non-hydrogen) atoms. The molecule has 1 aliphatic heterocycles. The van der Waals surface area contributed by atoms with Crippen LogP contribution in [0, 0.1) is 10.1 Å². The maximum Gasteiger partial charge on any atom is 0.333 e. The van der Waals surface area contributed by atoms with Gasteiger partial charge in [-0.05, 0) is 38.4 Å². The Morgan fingerprint density at radius 3 is 2.95 bits per heavy atom. The molecule has 1 aromatic carbocycles. The van der Waals surface area contributed by atoms with Crippen LogP contribution in [-0.4, -0.2) is 30.2 Å². The van der Waals surface area contributed by atoms with Crippen LogP contribution in [0.25, 0.3) is 0 Å². The Balaban J connectivity index is 2.29. The topological polar surface area (TPSA) is 76.4 Å². The second-order valence-electron chi connectivity index (χ2n) is 5.37. The Hall–Kier alpha value is -1.82. The number of nitro benzene ring substituents is 1. The zero-order valence-corrected chi connectivity index (χ0v) is 11.9. The van der Waals surface area contributed by atoms with Crippen molar-refractivity contribution in [2.45, 2.75) is 32.2 Å². The van der Waals surface area contributed by atoms with Crippen LogP contribution in [0.1, 0.15) is 26.7 Å². The molecule has 0 bridgehead atoms. The highest BCUT2D eigenvalue weighted by molar-refractivity contribution is 5.69. The molecule has 110 valence electrons. The van der Waals surface area contributed by atoms with E-state index in [2.05, 4.69) is 17.6 Å². The Bertz CT molecular complexity index is 485. The molecule has 1 fully saturated rings. The van der Waals surface area contributed by atoms with Crippen LogP contribution in [0.5, 0.6) is 5.75 Å². The molecule has 0 saturated carbocycles. The fourth-order valence-corrected chi connectivity index (χ4v) is 2.39. The summed E-state index contributed by atoms with van der Waals surface area (Å²) in [5, 5.41) is 17.9. The molecule has 0 aliphatic carbocycles. The normalized spacial score (nSPS) is 21.7. The Morgan fingerprint density at radius 2 is 2.35 bits per heavy atom. The van der Waals surface area contributed by atoms with Gasteiger partial charge in [-0.2, -0.15) is 0 Å². The van der Waals surface area contributed by atoms with E-state index in [1.807, 2.05) is 6.92 Å². The molecule has 1 unspecified atom stereocenters. The monoisotopic (exact) mass is 279 g/mol. The van der Waals surface area contributed by atoms with Crippen LogP contribution < -0.4 is 15.4 Å². The highest BCUT2D eigenvalue weighted by Gasteiger charge is 2.31. The van der Waals surface area contributed by atoms with Crippen LogP contribution >= 0.6 is 0 Å². The van der Waals surface area contributed by atoms with Crippen molar-refractivity contribution in [3.8, 4) is 5.75 Å². The van der Waals surface area contributed by atoms with Gasteiger partial charge >= 0.3 is 5.69 Å². The van der Waals surface area contributed by atoms with Crippen LogP contribution in [0.4, 0.5) is 11.4 Å². The molecule has 0 amide bonds. The number of nitrogens with one attached hydrogen (secondary N) is 2. The molecular weight excluding hydrogens is 258 g/mol. The standard InChI is InChI=1S/C14H21N3O3/c1-3-9-20-12-6-4-5-11(13(12)17(18)19)16-14(2)7-8-15-10-14/h4-6,15-16H,3,7-10H2,1-2H3. The molecule has 1 aliphatic rings. The van der Waals surface area contributed by atoms with E-state index >= 15 is 0 Å². The molecule has 1 atom stereocenters. The third kappa shape index (κ3) is 3.19. The SMILES string of the molecule is CCCOc1cccc(NC2(C)CCNC2)c1[N+](=O)[O-]. The van der Waals surface area contributed by atoms with Crippen molar-refractivity contribution < 1.29 is 9.66 Å². The molecule has 2 rings (SSSR count). The number of para-hydroxylation sites is 1. The predicted molar refractivity (Wildman–Crippen MR) is 78.4 cm³/mol. The third-order valence-electron chi connectivity index (χ3n) is 3.45. The lowest BCUT2D eigenvalue weighted by molar-refractivity contribution is -0.385. The maximum atomic E-state index is 11.4. The first kappa shape index (κ1) is 14.6. The van der Waals surface area contributed by atoms with E-state index in [4.69, 9.17) is 4.74 Å². The molecule has 1 saturated heterocycles. The second-order valence-corrected chi connectivity index (χ2v) is 5.37. The van der Waals surface area contributed by atoms with Crippen molar-refractivity contribution in [2.24, 2.45) is 0 Å². The quantitative estimate of drug-likeness (QED) is 0.618. The molecule has 1 aromatic rings. The average Bonchev–Trinajstić information content (AvgIpc) is 2.82. The van der Waals surface area contributed by atoms with Crippen LogP contribution in [-0.2, 0) is 0 Å². The Morgan fingerprint density at radius 1 is 1.55 bits per heavy atom. The van der Waals surface area contributed by atoms with Crippen LogP contribution in [0.3, 0.4) is 0 Å². The summed E-state index contributed by atoms with van der Waals surface area (Å²) < 4.78 is 5.49. The Labute approximate surface area is 118 Å². The van der Waals surface area contributed by atoms with E-state index in [9.17, 15) is 10.1 Å². The van der Waals surface area contributed by atoms with E-state index in [0.717, 1.165) is 25.9 Å². The molecular formula is C14H21N3O3. The van der Waals surface area contributed by atoms with Crippen molar-refractivity contribution in [3.63, 3.8) is 0 Å². The summed E-state index contributed by atoms with van der Waals surface area (Å²) in [7, 11) is 0. The van der Waals surface area contributed by atoms with E-state index in [1.165, 1.54) is 0 Å². The number of hydrogen-bond donors (Lipinski definition) is 2. The number of anilines is 1. The number of hydrogen-bond acceptors (Lipinski definition) is 5. The number of nitrogens with zero attached hydrogens (tertiary/aromatic N) is 1. The summed E-state index contributed by atoms with van der Waals surface area (Å²) >= 11 is 0. The minimum Gasteiger partial charge on any atom is -0.487 e. The van der Waals surface area contributed by atoms with E-state index in [0.29, 0.717) is 18.0 Å². The minimum absolute atomic E-state index is 0.0223. The summed E-state index contributed by atoms with van der Waals surface area (Å²) in [5.74, 6) is 0.330. The van der Waals surface area contributed by atoms with Crippen molar-refractivity contribution in [2.75, 3.05) is 25.0 Å². The number of benzene rings is 1. The van der Waals surface area contributed by atoms with E-state index < -0.39 is 0 Å². The molecule has 2 N–H and O–H groups in total. The maximum absolute atomic E-state index is 11.4. The largest absolute Gasteiger partial charge is 0.487 e. The molecule has 6 nitrogen and oxygen atoms in total. The zero-order valence-electron chi connectivity index (χ0n) is 11.9. The highest BCUT2D eigenvalue weighted by atomic mass is 16.6. The van der Waals surface area contributed by atoms with Crippen LogP contribution in [0.15, 0.2) is 18.2 Å². The fraction of sp³-hybridized carbons (Fsp3) is 0.571.